The number of esters is 1. The number of rotatable bonds is 4. The van der Waals surface area contributed by atoms with Gasteiger partial charge in [0.1, 0.15) is 12.4 Å². The molecule has 7 heteroatoms. The van der Waals surface area contributed by atoms with Gasteiger partial charge in [0.25, 0.3) is 0 Å². The van der Waals surface area contributed by atoms with E-state index in [0.717, 1.165) is 16.9 Å². The maximum Gasteiger partial charge on any atom is 0.327 e. The number of ether oxygens (including phenoxy) is 1. The third-order valence-corrected chi connectivity index (χ3v) is 2.74. The normalized spacial score (nSPS) is 11.9. The maximum atomic E-state index is 11.4. The lowest BCUT2D eigenvalue weighted by Crippen LogP contribution is -2.27. The van der Waals surface area contributed by atoms with Crippen molar-refractivity contribution in [2.45, 2.75) is 19.9 Å². The van der Waals surface area contributed by atoms with Gasteiger partial charge < -0.3 is 10.1 Å². The molecule has 0 fully saturated rings. The first-order valence-corrected chi connectivity index (χ1v) is 5.80. The highest BCUT2D eigenvalue weighted by atomic mass is 16.5. The predicted molar refractivity (Wildman–Crippen MR) is 69.0 cm³/mol. The first kappa shape index (κ1) is 13.0. The summed E-state index contributed by atoms with van der Waals surface area (Å²) in [7, 11) is 1.36. The van der Waals surface area contributed by atoms with Crippen LogP contribution in [0.15, 0.2) is 24.5 Å². The van der Waals surface area contributed by atoms with Crippen LogP contribution in [0.5, 0.6) is 0 Å². The van der Waals surface area contributed by atoms with Crippen molar-refractivity contribution in [2.24, 2.45) is 0 Å². The summed E-state index contributed by atoms with van der Waals surface area (Å²) in [4.78, 5) is 11.4. The molecule has 1 N–H and O–H groups in total. The van der Waals surface area contributed by atoms with Crippen molar-refractivity contribution in [3.63, 3.8) is 0 Å². The standard InChI is InChI=1S/C12H15N5O2/c1-8-4-5-10(14-9(2)12(18)19-3)6-11(8)17-7-13-15-16-17/h4-7,9,14H,1-3H3. The molecule has 0 aliphatic rings. The highest BCUT2D eigenvalue weighted by Crippen LogP contribution is 2.19. The molecule has 0 amide bonds. The van der Waals surface area contributed by atoms with Gasteiger partial charge >= 0.3 is 5.97 Å². The largest absolute Gasteiger partial charge is 0.467 e. The van der Waals surface area contributed by atoms with Gasteiger partial charge in [-0.3, -0.25) is 0 Å². The van der Waals surface area contributed by atoms with Gasteiger partial charge in [0.05, 0.1) is 12.8 Å². The summed E-state index contributed by atoms with van der Waals surface area (Å²) in [6.07, 6.45) is 1.52. The second-order valence-electron chi connectivity index (χ2n) is 4.14. The molecule has 0 aliphatic carbocycles. The van der Waals surface area contributed by atoms with Gasteiger partial charge in [-0.25, -0.2) is 9.48 Å². The molecular formula is C12H15N5O2. The number of nitrogens with one attached hydrogen (secondary N) is 1. The lowest BCUT2D eigenvalue weighted by molar-refractivity contribution is -0.141. The summed E-state index contributed by atoms with van der Waals surface area (Å²) in [5.74, 6) is -0.315. The van der Waals surface area contributed by atoms with Gasteiger partial charge in [-0.05, 0) is 42.0 Å². The Hall–Kier alpha value is -2.44. The summed E-state index contributed by atoms with van der Waals surface area (Å²) in [6.45, 7) is 3.70. The molecule has 1 heterocycles. The van der Waals surface area contributed by atoms with Gasteiger partial charge in [0.15, 0.2) is 0 Å². The molecule has 0 radical (unpaired) electrons. The van der Waals surface area contributed by atoms with Crippen LogP contribution in [0.3, 0.4) is 0 Å². The van der Waals surface area contributed by atoms with Crippen LogP contribution in [-0.4, -0.2) is 39.3 Å². The number of tetrazole rings is 1. The number of nitrogens with zero attached hydrogens (tertiary/aromatic N) is 4. The number of carbonyl (C=O) groups excluding carboxylic acids is 1. The number of hydrogen-bond acceptors (Lipinski definition) is 6. The fourth-order valence-corrected chi connectivity index (χ4v) is 1.70. The minimum atomic E-state index is -0.422. The van der Waals surface area contributed by atoms with Crippen molar-refractivity contribution in [3.8, 4) is 5.69 Å². The van der Waals surface area contributed by atoms with E-state index in [1.165, 1.54) is 13.4 Å². The fraction of sp³-hybridized carbons (Fsp3) is 0.333. The summed E-state index contributed by atoms with van der Waals surface area (Å²) in [5.41, 5.74) is 2.68. The lowest BCUT2D eigenvalue weighted by Gasteiger charge is -2.14. The monoisotopic (exact) mass is 261 g/mol. The Morgan fingerprint density at radius 1 is 1.47 bits per heavy atom. The number of aryl methyl sites for hydroxylation is 1. The molecule has 100 valence electrons. The van der Waals surface area contributed by atoms with Crippen molar-refractivity contribution in [1.82, 2.24) is 20.2 Å². The van der Waals surface area contributed by atoms with Crippen LogP contribution in [0.4, 0.5) is 5.69 Å². The molecule has 7 nitrogen and oxygen atoms in total. The first-order chi connectivity index (χ1) is 9.11. The lowest BCUT2D eigenvalue weighted by atomic mass is 10.1. The molecule has 1 aromatic heterocycles. The summed E-state index contributed by atoms with van der Waals surface area (Å²) in [5, 5.41) is 14.1. The van der Waals surface area contributed by atoms with E-state index in [-0.39, 0.29) is 5.97 Å². The Balaban J connectivity index is 2.24. The third kappa shape index (κ3) is 2.87. The van der Waals surface area contributed by atoms with Crippen molar-refractivity contribution < 1.29 is 9.53 Å². The molecule has 1 atom stereocenters. The average molecular weight is 261 g/mol. The van der Waals surface area contributed by atoms with E-state index < -0.39 is 6.04 Å². The smallest absolute Gasteiger partial charge is 0.327 e. The molecule has 0 bridgehead atoms. The van der Waals surface area contributed by atoms with Gasteiger partial charge in [0, 0.05) is 5.69 Å². The predicted octanol–water partition coefficient (Wildman–Crippen LogP) is 0.944. The molecule has 19 heavy (non-hydrogen) atoms. The number of methoxy groups -OCH3 is 1. The molecule has 0 aliphatic heterocycles. The molecule has 2 aromatic rings. The molecule has 0 saturated carbocycles. The summed E-state index contributed by atoms with van der Waals surface area (Å²) < 4.78 is 6.24. The summed E-state index contributed by atoms with van der Waals surface area (Å²) >= 11 is 0. The number of anilines is 1. The Morgan fingerprint density at radius 3 is 2.89 bits per heavy atom. The molecule has 1 unspecified atom stereocenters. The van der Waals surface area contributed by atoms with Crippen LogP contribution in [0.1, 0.15) is 12.5 Å². The zero-order valence-electron chi connectivity index (χ0n) is 11.0. The number of hydrogen-bond donors (Lipinski definition) is 1. The number of carbonyl (C=O) groups is 1. The van der Waals surface area contributed by atoms with Gasteiger partial charge in [0.2, 0.25) is 0 Å². The van der Waals surface area contributed by atoms with Crippen LogP contribution in [0, 0.1) is 6.92 Å². The van der Waals surface area contributed by atoms with Gasteiger partial charge in [-0.15, -0.1) is 5.10 Å². The Labute approximate surface area is 110 Å². The minimum Gasteiger partial charge on any atom is -0.467 e. The number of benzene rings is 1. The van der Waals surface area contributed by atoms with E-state index in [9.17, 15) is 4.79 Å². The van der Waals surface area contributed by atoms with E-state index in [1.807, 2.05) is 25.1 Å². The second-order valence-corrected chi connectivity index (χ2v) is 4.14. The Morgan fingerprint density at radius 2 is 2.26 bits per heavy atom. The average Bonchev–Trinajstić information content (AvgIpc) is 2.93. The van der Waals surface area contributed by atoms with Crippen LogP contribution in [0.25, 0.3) is 5.69 Å². The molecule has 0 saturated heterocycles. The highest BCUT2D eigenvalue weighted by Gasteiger charge is 2.13. The van der Waals surface area contributed by atoms with E-state index in [0.29, 0.717) is 0 Å². The molecular weight excluding hydrogens is 246 g/mol. The SMILES string of the molecule is COC(=O)C(C)Nc1ccc(C)c(-n2cnnn2)c1. The molecule has 2 rings (SSSR count). The molecule has 1 aromatic carbocycles. The van der Waals surface area contributed by atoms with Crippen LogP contribution >= 0.6 is 0 Å². The van der Waals surface area contributed by atoms with Gasteiger partial charge in [-0.1, -0.05) is 6.07 Å². The van der Waals surface area contributed by atoms with Crippen molar-refractivity contribution in [1.29, 1.82) is 0 Å². The minimum absolute atomic E-state index is 0.315. The second kappa shape index (κ2) is 5.47. The van der Waals surface area contributed by atoms with Crippen LogP contribution < -0.4 is 5.32 Å². The summed E-state index contributed by atoms with van der Waals surface area (Å²) in [6, 6.07) is 5.28. The van der Waals surface area contributed by atoms with Crippen LogP contribution in [-0.2, 0) is 9.53 Å². The Kier molecular flexibility index (Phi) is 3.74. The van der Waals surface area contributed by atoms with E-state index in [4.69, 9.17) is 0 Å². The first-order valence-electron chi connectivity index (χ1n) is 5.80. The van der Waals surface area contributed by atoms with Crippen molar-refractivity contribution >= 4 is 11.7 Å². The quantitative estimate of drug-likeness (QED) is 0.825. The van der Waals surface area contributed by atoms with E-state index in [1.54, 1.807) is 11.6 Å². The van der Waals surface area contributed by atoms with Crippen LogP contribution in [0.2, 0.25) is 0 Å². The zero-order chi connectivity index (χ0) is 13.8. The van der Waals surface area contributed by atoms with Gasteiger partial charge in [-0.2, -0.15) is 0 Å². The zero-order valence-corrected chi connectivity index (χ0v) is 11.0. The highest BCUT2D eigenvalue weighted by molar-refractivity contribution is 5.78. The maximum absolute atomic E-state index is 11.4. The topological polar surface area (TPSA) is 81.9 Å². The molecule has 0 spiro atoms. The third-order valence-electron chi connectivity index (χ3n) is 2.74. The fourth-order valence-electron chi connectivity index (χ4n) is 1.70. The number of aromatic nitrogens is 4. The Bertz CT molecular complexity index is 568. The van der Waals surface area contributed by atoms with E-state index >= 15 is 0 Å². The van der Waals surface area contributed by atoms with Crippen molar-refractivity contribution in [2.75, 3.05) is 12.4 Å². The van der Waals surface area contributed by atoms with Crippen molar-refractivity contribution in [3.05, 3.63) is 30.1 Å². The van der Waals surface area contributed by atoms with E-state index in [2.05, 4.69) is 25.6 Å².